The van der Waals surface area contributed by atoms with Crippen LogP contribution < -0.4 is 9.64 Å². The lowest BCUT2D eigenvalue weighted by Gasteiger charge is -2.23. The highest BCUT2D eigenvalue weighted by molar-refractivity contribution is 7.99. The lowest BCUT2D eigenvalue weighted by Crippen LogP contribution is -2.37. The zero-order chi connectivity index (χ0) is 20.2. The van der Waals surface area contributed by atoms with Crippen LogP contribution in [0.2, 0.25) is 0 Å². The van der Waals surface area contributed by atoms with Crippen LogP contribution in [0, 0.1) is 0 Å². The molecule has 2 aromatic carbocycles. The molecule has 7 heteroatoms. The first kappa shape index (κ1) is 20.2. The van der Waals surface area contributed by atoms with Gasteiger partial charge in [0.25, 0.3) is 5.91 Å². The Labute approximate surface area is 179 Å². The lowest BCUT2D eigenvalue weighted by molar-refractivity contribution is 0.0917. The predicted molar refractivity (Wildman–Crippen MR) is 120 cm³/mol. The zero-order valence-electron chi connectivity index (χ0n) is 16.6. The number of thiazole rings is 1. The van der Waals surface area contributed by atoms with Gasteiger partial charge in [-0.3, -0.25) is 9.69 Å². The van der Waals surface area contributed by atoms with Crippen molar-refractivity contribution in [3.63, 3.8) is 0 Å². The van der Waals surface area contributed by atoms with Crippen LogP contribution in [0.1, 0.15) is 30.1 Å². The maximum Gasteiger partial charge on any atom is 0.260 e. The molecule has 1 atom stereocenters. The van der Waals surface area contributed by atoms with Gasteiger partial charge in [-0.15, -0.1) is 11.8 Å². The molecule has 1 aromatic heterocycles. The van der Waals surface area contributed by atoms with Crippen LogP contribution in [0.3, 0.4) is 0 Å². The van der Waals surface area contributed by atoms with Crippen molar-refractivity contribution in [2.75, 3.05) is 30.9 Å². The van der Waals surface area contributed by atoms with E-state index in [9.17, 15) is 4.79 Å². The summed E-state index contributed by atoms with van der Waals surface area (Å²) in [5, 5.41) is 0.679. The van der Waals surface area contributed by atoms with Gasteiger partial charge in [0.05, 0.1) is 24.5 Å². The topological polar surface area (TPSA) is 51.7 Å². The summed E-state index contributed by atoms with van der Waals surface area (Å²) >= 11 is 3.24. The number of aromatic nitrogens is 1. The number of ether oxygens (including phenoxy) is 2. The summed E-state index contributed by atoms with van der Waals surface area (Å²) < 4.78 is 12.3. The van der Waals surface area contributed by atoms with E-state index in [1.807, 2.05) is 42.5 Å². The number of para-hydroxylation sites is 1. The van der Waals surface area contributed by atoms with Gasteiger partial charge in [0, 0.05) is 17.1 Å². The first-order valence-electron chi connectivity index (χ1n) is 9.79. The predicted octanol–water partition coefficient (Wildman–Crippen LogP) is 5.24. The number of carbonyl (C=O) groups is 1. The van der Waals surface area contributed by atoms with Crippen LogP contribution in [-0.2, 0) is 4.74 Å². The van der Waals surface area contributed by atoms with Crippen LogP contribution in [0.25, 0.3) is 10.2 Å². The van der Waals surface area contributed by atoms with E-state index in [0.717, 1.165) is 46.1 Å². The summed E-state index contributed by atoms with van der Waals surface area (Å²) in [6.07, 6.45) is 2.04. The number of hydrogen-bond acceptors (Lipinski definition) is 6. The zero-order valence-corrected chi connectivity index (χ0v) is 18.2. The molecule has 2 heterocycles. The number of nitrogens with zero attached hydrogens (tertiary/aromatic N) is 2. The van der Waals surface area contributed by atoms with Crippen LogP contribution >= 0.6 is 23.1 Å². The second-order valence-corrected chi connectivity index (χ2v) is 9.16. The summed E-state index contributed by atoms with van der Waals surface area (Å²) in [7, 11) is 1.64. The Hall–Kier alpha value is -2.09. The molecular formula is C22H24N2O3S2. The number of methoxy groups -OCH3 is 1. The molecule has 4 rings (SSSR count). The van der Waals surface area contributed by atoms with Gasteiger partial charge in [-0.05, 0) is 48.9 Å². The molecule has 0 N–H and O–H groups in total. The van der Waals surface area contributed by atoms with Crippen molar-refractivity contribution in [1.82, 2.24) is 4.98 Å². The van der Waals surface area contributed by atoms with Crippen molar-refractivity contribution in [1.29, 1.82) is 0 Å². The maximum atomic E-state index is 13.5. The smallest absolute Gasteiger partial charge is 0.260 e. The van der Waals surface area contributed by atoms with Crippen LogP contribution in [-0.4, -0.2) is 43.0 Å². The van der Waals surface area contributed by atoms with Gasteiger partial charge in [0.15, 0.2) is 5.13 Å². The monoisotopic (exact) mass is 428 g/mol. The fourth-order valence-electron chi connectivity index (χ4n) is 3.47. The van der Waals surface area contributed by atoms with E-state index >= 15 is 0 Å². The molecule has 1 saturated heterocycles. The number of rotatable bonds is 7. The van der Waals surface area contributed by atoms with E-state index in [1.54, 1.807) is 23.8 Å². The van der Waals surface area contributed by atoms with Gasteiger partial charge in [0.2, 0.25) is 0 Å². The molecule has 1 unspecified atom stereocenters. The number of benzene rings is 2. The minimum Gasteiger partial charge on any atom is -0.494 e. The van der Waals surface area contributed by atoms with Crippen molar-refractivity contribution < 1.29 is 14.3 Å². The fraction of sp³-hybridized carbons (Fsp3) is 0.364. The average Bonchev–Trinajstić information content (AvgIpc) is 3.41. The SMILES string of the molecule is CCSc1cccc(C(=O)N(CC2CCCO2)c2nc3c(OC)cccc3s2)c1. The third-order valence-corrected chi connectivity index (χ3v) is 6.79. The molecule has 1 aliphatic heterocycles. The number of carbonyl (C=O) groups excluding carboxylic acids is 1. The molecule has 152 valence electrons. The lowest BCUT2D eigenvalue weighted by atomic mass is 10.2. The molecule has 0 radical (unpaired) electrons. The first-order chi connectivity index (χ1) is 14.2. The average molecular weight is 429 g/mol. The molecular weight excluding hydrogens is 404 g/mol. The highest BCUT2D eigenvalue weighted by atomic mass is 32.2. The van der Waals surface area contributed by atoms with Gasteiger partial charge in [-0.25, -0.2) is 4.98 Å². The molecule has 0 aliphatic carbocycles. The largest absolute Gasteiger partial charge is 0.494 e. The Morgan fingerprint density at radius 3 is 2.97 bits per heavy atom. The van der Waals surface area contributed by atoms with E-state index in [-0.39, 0.29) is 12.0 Å². The van der Waals surface area contributed by atoms with Gasteiger partial charge < -0.3 is 9.47 Å². The summed E-state index contributed by atoms with van der Waals surface area (Å²) in [4.78, 5) is 21.2. The molecule has 1 fully saturated rings. The van der Waals surface area contributed by atoms with E-state index in [0.29, 0.717) is 17.2 Å². The molecule has 1 aliphatic rings. The Bertz CT molecular complexity index is 999. The summed E-state index contributed by atoms with van der Waals surface area (Å²) in [6, 6.07) is 13.7. The minimum atomic E-state index is -0.0444. The second-order valence-electron chi connectivity index (χ2n) is 6.82. The number of thioether (sulfide) groups is 1. The van der Waals surface area contributed by atoms with Crippen molar-refractivity contribution in [2.45, 2.75) is 30.8 Å². The van der Waals surface area contributed by atoms with Crippen molar-refractivity contribution in [3.8, 4) is 5.75 Å². The number of amides is 1. The second kappa shape index (κ2) is 9.15. The first-order valence-corrected chi connectivity index (χ1v) is 11.6. The van der Waals surface area contributed by atoms with E-state index < -0.39 is 0 Å². The number of anilines is 1. The van der Waals surface area contributed by atoms with Crippen molar-refractivity contribution >= 4 is 44.4 Å². The standard InChI is InChI=1S/C22H24N2O3S2/c1-3-28-17-9-4-7-15(13-17)21(25)24(14-16-8-6-12-27-16)22-23-20-18(26-2)10-5-11-19(20)29-22/h4-5,7,9-11,13,16H,3,6,8,12,14H2,1-2H3. The highest BCUT2D eigenvalue weighted by Crippen LogP contribution is 2.35. The molecule has 3 aromatic rings. The normalized spacial score (nSPS) is 16.3. The molecule has 0 spiro atoms. The van der Waals surface area contributed by atoms with Gasteiger partial charge in [-0.2, -0.15) is 0 Å². The molecule has 1 amide bonds. The van der Waals surface area contributed by atoms with Gasteiger partial charge in [-0.1, -0.05) is 30.4 Å². The fourth-order valence-corrected chi connectivity index (χ4v) is 5.18. The Balaban J connectivity index is 1.71. The highest BCUT2D eigenvalue weighted by Gasteiger charge is 2.27. The number of fused-ring (bicyclic) bond motifs is 1. The third-order valence-electron chi connectivity index (χ3n) is 4.87. The van der Waals surface area contributed by atoms with Crippen LogP contribution in [0.5, 0.6) is 5.75 Å². The van der Waals surface area contributed by atoms with E-state index in [4.69, 9.17) is 14.5 Å². The van der Waals surface area contributed by atoms with Crippen molar-refractivity contribution in [3.05, 3.63) is 48.0 Å². The van der Waals surface area contributed by atoms with E-state index in [2.05, 4.69) is 6.92 Å². The Kier molecular flexibility index (Phi) is 6.37. The maximum absolute atomic E-state index is 13.5. The molecule has 29 heavy (non-hydrogen) atoms. The van der Waals surface area contributed by atoms with Crippen LogP contribution in [0.4, 0.5) is 5.13 Å². The van der Waals surface area contributed by atoms with Crippen molar-refractivity contribution in [2.24, 2.45) is 0 Å². The molecule has 0 saturated carbocycles. The molecule has 0 bridgehead atoms. The Morgan fingerprint density at radius 1 is 1.34 bits per heavy atom. The van der Waals surface area contributed by atoms with E-state index in [1.165, 1.54) is 11.3 Å². The van der Waals surface area contributed by atoms with Gasteiger partial charge >= 0.3 is 0 Å². The Morgan fingerprint density at radius 2 is 2.21 bits per heavy atom. The quantitative estimate of drug-likeness (QED) is 0.482. The summed E-state index contributed by atoms with van der Waals surface area (Å²) in [5.41, 5.74) is 1.46. The number of hydrogen-bond donors (Lipinski definition) is 0. The third kappa shape index (κ3) is 4.42. The van der Waals surface area contributed by atoms with Crippen LogP contribution in [0.15, 0.2) is 47.4 Å². The minimum absolute atomic E-state index is 0.0426. The summed E-state index contributed by atoms with van der Waals surface area (Å²) in [6.45, 7) is 3.37. The van der Waals surface area contributed by atoms with Gasteiger partial charge in [0.1, 0.15) is 11.3 Å². The molecule has 5 nitrogen and oxygen atoms in total. The summed E-state index contributed by atoms with van der Waals surface area (Å²) in [5.74, 6) is 1.64.